The first kappa shape index (κ1) is 17.3. The van der Waals surface area contributed by atoms with Gasteiger partial charge in [0.2, 0.25) is 16.1 Å². The summed E-state index contributed by atoms with van der Waals surface area (Å²) in [5.74, 6) is 0.404. The fraction of sp³-hybridized carbons (Fsp3) is 0.294. The molecule has 1 fully saturated rings. The summed E-state index contributed by atoms with van der Waals surface area (Å²) in [6.45, 7) is 2.05. The number of hydrogen-bond donors (Lipinski definition) is 2. The molecule has 4 rings (SSSR count). The molecule has 0 radical (unpaired) electrons. The van der Waals surface area contributed by atoms with Crippen LogP contribution in [0.15, 0.2) is 42.7 Å². The number of carbonyl (C=O) groups excluding carboxylic acids is 1. The third-order valence-corrected chi connectivity index (χ3v) is 5.04. The summed E-state index contributed by atoms with van der Waals surface area (Å²) < 4.78 is 0. The zero-order valence-corrected chi connectivity index (χ0v) is 15.3. The molecule has 2 N–H and O–H groups in total. The molecule has 1 saturated heterocycles. The zero-order valence-electron chi connectivity index (χ0n) is 14.4. The van der Waals surface area contributed by atoms with E-state index >= 15 is 0 Å². The number of rotatable bonds is 6. The summed E-state index contributed by atoms with van der Waals surface area (Å²) in [5, 5.41) is 23.2. The molecule has 0 saturated carbocycles. The number of amides is 1. The first-order chi connectivity index (χ1) is 13.3. The highest BCUT2D eigenvalue weighted by Gasteiger charge is 2.25. The lowest BCUT2D eigenvalue weighted by atomic mass is 10.2. The van der Waals surface area contributed by atoms with E-state index in [1.54, 1.807) is 12.4 Å². The molecule has 10 heteroatoms. The van der Waals surface area contributed by atoms with Crippen molar-refractivity contribution in [3.8, 4) is 0 Å². The molecule has 1 aliphatic rings. The van der Waals surface area contributed by atoms with Crippen molar-refractivity contribution in [3.63, 3.8) is 0 Å². The maximum absolute atomic E-state index is 12.2. The van der Waals surface area contributed by atoms with Crippen molar-refractivity contribution in [3.05, 3.63) is 53.3 Å². The van der Waals surface area contributed by atoms with Crippen LogP contribution in [0, 0.1) is 0 Å². The fourth-order valence-corrected chi connectivity index (χ4v) is 3.58. The van der Waals surface area contributed by atoms with Crippen molar-refractivity contribution in [2.24, 2.45) is 0 Å². The van der Waals surface area contributed by atoms with Crippen LogP contribution in [0.1, 0.15) is 21.8 Å². The highest BCUT2D eigenvalue weighted by molar-refractivity contribution is 7.17. The van der Waals surface area contributed by atoms with Gasteiger partial charge in [-0.05, 0) is 12.0 Å². The Bertz CT molecular complexity index is 888. The molecule has 2 aromatic heterocycles. The summed E-state index contributed by atoms with van der Waals surface area (Å²) in [6.07, 6.45) is 4.11. The Labute approximate surface area is 159 Å². The van der Waals surface area contributed by atoms with Gasteiger partial charge in [0.25, 0.3) is 5.91 Å². The topological polar surface area (TPSA) is 109 Å². The SMILES string of the molecule is O=C(NCc1ccccc1)c1nnc(N[C@@H]2CCN(c3nccnn3)C2)s1. The van der Waals surface area contributed by atoms with Crippen LogP contribution in [0.25, 0.3) is 0 Å². The van der Waals surface area contributed by atoms with Crippen molar-refractivity contribution in [1.82, 2.24) is 30.7 Å². The average Bonchev–Trinajstić information content (AvgIpc) is 3.38. The minimum absolute atomic E-state index is 0.196. The Morgan fingerprint density at radius 1 is 1.19 bits per heavy atom. The van der Waals surface area contributed by atoms with Crippen molar-refractivity contribution in [2.75, 3.05) is 23.3 Å². The van der Waals surface area contributed by atoms with Crippen molar-refractivity contribution >= 4 is 28.3 Å². The van der Waals surface area contributed by atoms with Crippen LogP contribution in [-0.2, 0) is 6.54 Å². The Kier molecular flexibility index (Phi) is 5.15. The van der Waals surface area contributed by atoms with Gasteiger partial charge in [-0.3, -0.25) is 4.79 Å². The van der Waals surface area contributed by atoms with Crippen molar-refractivity contribution in [2.45, 2.75) is 19.0 Å². The molecule has 0 aliphatic carbocycles. The van der Waals surface area contributed by atoms with Gasteiger partial charge in [-0.15, -0.1) is 15.3 Å². The zero-order chi connectivity index (χ0) is 18.5. The number of aromatic nitrogens is 5. The minimum Gasteiger partial charge on any atom is -0.355 e. The molecule has 3 heterocycles. The number of anilines is 2. The van der Waals surface area contributed by atoms with Gasteiger partial charge in [0.1, 0.15) is 0 Å². The first-order valence-electron chi connectivity index (χ1n) is 8.59. The molecule has 1 aliphatic heterocycles. The Balaban J connectivity index is 1.30. The van der Waals surface area contributed by atoms with Gasteiger partial charge in [-0.1, -0.05) is 41.7 Å². The molecular formula is C17H18N8OS. The molecule has 9 nitrogen and oxygen atoms in total. The van der Waals surface area contributed by atoms with Crippen LogP contribution in [0.4, 0.5) is 11.1 Å². The van der Waals surface area contributed by atoms with Crippen molar-refractivity contribution < 1.29 is 4.79 Å². The standard InChI is InChI=1S/C17H18N8OS/c26-14(19-10-12-4-2-1-3-5-12)15-22-24-17(27-15)21-13-6-9-25(11-13)16-18-7-8-20-23-16/h1-5,7-8,13H,6,9-11H2,(H,19,26)(H,21,24)/t13-/m1/s1. The fourth-order valence-electron chi connectivity index (χ4n) is 2.85. The lowest BCUT2D eigenvalue weighted by Gasteiger charge is -2.15. The highest BCUT2D eigenvalue weighted by atomic mass is 32.1. The van der Waals surface area contributed by atoms with Gasteiger partial charge in [0.05, 0.1) is 12.4 Å². The maximum Gasteiger partial charge on any atom is 0.282 e. The maximum atomic E-state index is 12.2. The van der Waals surface area contributed by atoms with Gasteiger partial charge in [0.15, 0.2) is 0 Å². The summed E-state index contributed by atoms with van der Waals surface area (Å²) >= 11 is 1.25. The van der Waals surface area contributed by atoms with E-state index in [4.69, 9.17) is 0 Å². The lowest BCUT2D eigenvalue weighted by Crippen LogP contribution is -2.27. The van der Waals surface area contributed by atoms with Crippen LogP contribution in [-0.4, -0.2) is 50.4 Å². The van der Waals surface area contributed by atoms with E-state index in [0.717, 1.165) is 25.1 Å². The second kappa shape index (κ2) is 8.04. The number of carbonyl (C=O) groups is 1. The summed E-state index contributed by atoms with van der Waals surface area (Å²) in [4.78, 5) is 18.5. The first-order valence-corrected chi connectivity index (χ1v) is 9.40. The van der Waals surface area contributed by atoms with Crippen molar-refractivity contribution in [1.29, 1.82) is 0 Å². The summed E-state index contributed by atoms with van der Waals surface area (Å²) in [7, 11) is 0. The second-order valence-electron chi connectivity index (χ2n) is 6.10. The van der Waals surface area contributed by atoms with Gasteiger partial charge in [-0.2, -0.15) is 5.10 Å². The third kappa shape index (κ3) is 4.34. The number of nitrogens with one attached hydrogen (secondary N) is 2. The minimum atomic E-state index is -0.221. The Morgan fingerprint density at radius 3 is 2.89 bits per heavy atom. The van der Waals surface area contributed by atoms with E-state index in [2.05, 4.69) is 40.9 Å². The molecule has 0 bridgehead atoms. The van der Waals surface area contributed by atoms with E-state index in [-0.39, 0.29) is 11.9 Å². The van der Waals surface area contributed by atoms with Crippen LogP contribution in [0.3, 0.4) is 0 Å². The molecular weight excluding hydrogens is 364 g/mol. The quantitative estimate of drug-likeness (QED) is 0.657. The Morgan fingerprint density at radius 2 is 2.07 bits per heavy atom. The van der Waals surface area contributed by atoms with Gasteiger partial charge >= 0.3 is 0 Å². The van der Waals surface area contributed by atoms with Gasteiger partial charge < -0.3 is 15.5 Å². The molecule has 3 aromatic rings. The largest absolute Gasteiger partial charge is 0.355 e. The highest BCUT2D eigenvalue weighted by Crippen LogP contribution is 2.21. The van der Waals surface area contributed by atoms with E-state index in [1.165, 1.54) is 11.3 Å². The van der Waals surface area contributed by atoms with E-state index < -0.39 is 0 Å². The molecule has 27 heavy (non-hydrogen) atoms. The molecule has 1 atom stereocenters. The van der Waals surface area contributed by atoms with Crippen LogP contribution < -0.4 is 15.5 Å². The average molecular weight is 382 g/mol. The molecule has 138 valence electrons. The number of hydrogen-bond acceptors (Lipinski definition) is 9. The predicted octanol–water partition coefficient (Wildman–Crippen LogP) is 1.34. The summed E-state index contributed by atoms with van der Waals surface area (Å²) in [6, 6.07) is 9.95. The summed E-state index contributed by atoms with van der Waals surface area (Å²) in [5.41, 5.74) is 1.04. The van der Waals surface area contributed by atoms with E-state index in [1.807, 2.05) is 30.3 Å². The number of nitrogens with zero attached hydrogens (tertiary/aromatic N) is 6. The van der Waals surface area contributed by atoms with E-state index in [0.29, 0.717) is 22.6 Å². The van der Waals surface area contributed by atoms with Crippen LogP contribution in [0.5, 0.6) is 0 Å². The van der Waals surface area contributed by atoms with Gasteiger partial charge in [-0.25, -0.2) is 4.98 Å². The lowest BCUT2D eigenvalue weighted by molar-refractivity contribution is 0.0950. The molecule has 1 amide bonds. The monoisotopic (exact) mass is 382 g/mol. The molecule has 0 spiro atoms. The van der Waals surface area contributed by atoms with Gasteiger partial charge in [0, 0.05) is 25.7 Å². The number of benzene rings is 1. The van der Waals surface area contributed by atoms with E-state index in [9.17, 15) is 4.79 Å². The van der Waals surface area contributed by atoms with Crippen LogP contribution >= 0.6 is 11.3 Å². The smallest absolute Gasteiger partial charge is 0.282 e. The molecule has 0 unspecified atom stereocenters. The third-order valence-electron chi connectivity index (χ3n) is 4.18. The second-order valence-corrected chi connectivity index (χ2v) is 7.08. The molecule has 1 aromatic carbocycles. The Hall–Kier alpha value is -3.14. The normalized spacial score (nSPS) is 16.3. The van der Waals surface area contributed by atoms with Crippen LogP contribution in [0.2, 0.25) is 0 Å². The predicted molar refractivity (Wildman–Crippen MR) is 102 cm³/mol.